The Bertz CT molecular complexity index is 726. The lowest BCUT2D eigenvalue weighted by Crippen LogP contribution is -2.16. The SMILES string of the molecule is Cc1occc1C(=O)C(C#N)c1ccc2c(c1)OCCO2. The smallest absolute Gasteiger partial charge is 0.187 e. The summed E-state index contributed by atoms with van der Waals surface area (Å²) < 4.78 is 16.1. The van der Waals surface area contributed by atoms with Gasteiger partial charge in [-0.2, -0.15) is 5.26 Å². The Morgan fingerprint density at radius 3 is 2.67 bits per heavy atom. The van der Waals surface area contributed by atoms with Crippen LogP contribution in [0.4, 0.5) is 0 Å². The normalized spacial score (nSPS) is 14.3. The molecule has 1 atom stereocenters. The van der Waals surface area contributed by atoms with E-state index in [9.17, 15) is 10.1 Å². The van der Waals surface area contributed by atoms with Crippen LogP contribution >= 0.6 is 0 Å². The van der Waals surface area contributed by atoms with Crippen molar-refractivity contribution in [3.8, 4) is 17.6 Å². The Kier molecular flexibility index (Phi) is 3.36. The van der Waals surface area contributed by atoms with Gasteiger partial charge in [-0.15, -0.1) is 0 Å². The lowest BCUT2D eigenvalue weighted by molar-refractivity contribution is 0.0977. The third-order valence-electron chi connectivity index (χ3n) is 3.42. The zero-order chi connectivity index (χ0) is 14.8. The maximum Gasteiger partial charge on any atom is 0.187 e. The molecule has 3 rings (SSSR count). The number of furan rings is 1. The fraction of sp³-hybridized carbons (Fsp3) is 0.250. The van der Waals surface area contributed by atoms with E-state index in [2.05, 4.69) is 6.07 Å². The summed E-state index contributed by atoms with van der Waals surface area (Å²) in [4.78, 5) is 12.5. The standard InChI is InChI=1S/C16H13NO4/c1-10-12(4-5-19-10)16(18)13(9-17)11-2-3-14-15(8-11)21-7-6-20-14/h2-5,8,13H,6-7H2,1H3. The number of nitrogens with zero attached hydrogens (tertiary/aromatic N) is 1. The number of hydrogen-bond acceptors (Lipinski definition) is 5. The first-order valence-corrected chi connectivity index (χ1v) is 6.58. The second kappa shape index (κ2) is 5.33. The van der Waals surface area contributed by atoms with Crippen molar-refractivity contribution in [2.75, 3.05) is 13.2 Å². The molecule has 106 valence electrons. The van der Waals surface area contributed by atoms with Crippen LogP contribution in [0.2, 0.25) is 0 Å². The first-order chi connectivity index (χ1) is 10.2. The van der Waals surface area contributed by atoms with Crippen molar-refractivity contribution in [3.05, 3.63) is 47.4 Å². The molecule has 0 N–H and O–H groups in total. The molecular formula is C16H13NO4. The summed E-state index contributed by atoms with van der Waals surface area (Å²) in [5, 5.41) is 9.37. The Labute approximate surface area is 121 Å². The molecule has 0 amide bonds. The van der Waals surface area contributed by atoms with Crippen molar-refractivity contribution in [1.82, 2.24) is 0 Å². The molecule has 0 bridgehead atoms. The van der Waals surface area contributed by atoms with Crippen LogP contribution in [0.15, 0.2) is 34.9 Å². The predicted molar refractivity (Wildman–Crippen MR) is 73.6 cm³/mol. The highest BCUT2D eigenvalue weighted by Gasteiger charge is 2.26. The Morgan fingerprint density at radius 2 is 2.00 bits per heavy atom. The maximum atomic E-state index is 12.5. The molecule has 1 aromatic carbocycles. The monoisotopic (exact) mass is 283 g/mol. The van der Waals surface area contributed by atoms with Crippen molar-refractivity contribution in [2.24, 2.45) is 0 Å². The second-order valence-corrected chi connectivity index (χ2v) is 4.72. The minimum Gasteiger partial charge on any atom is -0.486 e. The number of ketones is 1. The Hall–Kier alpha value is -2.74. The minimum absolute atomic E-state index is 0.277. The molecule has 1 unspecified atom stereocenters. The van der Waals surface area contributed by atoms with Crippen LogP contribution < -0.4 is 9.47 Å². The van der Waals surface area contributed by atoms with E-state index in [0.717, 1.165) is 0 Å². The molecular weight excluding hydrogens is 270 g/mol. The van der Waals surface area contributed by atoms with Crippen LogP contribution in [0.3, 0.4) is 0 Å². The van der Waals surface area contributed by atoms with Crippen molar-refractivity contribution >= 4 is 5.78 Å². The van der Waals surface area contributed by atoms with E-state index >= 15 is 0 Å². The number of rotatable bonds is 3. The van der Waals surface area contributed by atoms with Gasteiger partial charge < -0.3 is 13.9 Å². The van der Waals surface area contributed by atoms with Crippen LogP contribution in [0.1, 0.15) is 27.6 Å². The van der Waals surface area contributed by atoms with Crippen LogP contribution in [0.5, 0.6) is 11.5 Å². The number of Topliss-reactive ketones (excluding diaryl/α,β-unsaturated/α-hetero) is 1. The average Bonchev–Trinajstić information content (AvgIpc) is 2.94. The molecule has 2 aromatic rings. The fourth-order valence-electron chi connectivity index (χ4n) is 2.32. The third-order valence-corrected chi connectivity index (χ3v) is 3.42. The van der Waals surface area contributed by atoms with Gasteiger partial charge in [0.05, 0.1) is 17.9 Å². The van der Waals surface area contributed by atoms with E-state index in [1.54, 1.807) is 31.2 Å². The molecule has 5 heteroatoms. The molecule has 0 radical (unpaired) electrons. The first kappa shape index (κ1) is 13.3. The lowest BCUT2D eigenvalue weighted by Gasteiger charge is -2.19. The molecule has 2 heterocycles. The zero-order valence-electron chi connectivity index (χ0n) is 11.5. The van der Waals surface area contributed by atoms with Gasteiger partial charge in [-0.05, 0) is 30.7 Å². The highest BCUT2D eigenvalue weighted by atomic mass is 16.6. The average molecular weight is 283 g/mol. The minimum atomic E-state index is -0.892. The quantitative estimate of drug-likeness (QED) is 0.810. The van der Waals surface area contributed by atoms with Crippen molar-refractivity contribution < 1.29 is 18.7 Å². The molecule has 0 fully saturated rings. The van der Waals surface area contributed by atoms with Crippen LogP contribution in [0.25, 0.3) is 0 Å². The van der Waals surface area contributed by atoms with Gasteiger partial charge in [-0.25, -0.2) is 0 Å². The summed E-state index contributed by atoms with van der Waals surface area (Å²) in [6, 6.07) is 8.77. The van der Waals surface area contributed by atoms with Crippen LogP contribution in [0, 0.1) is 18.3 Å². The molecule has 1 aliphatic heterocycles. The molecule has 1 aliphatic rings. The molecule has 21 heavy (non-hydrogen) atoms. The number of carbonyl (C=O) groups is 1. The first-order valence-electron chi connectivity index (χ1n) is 6.58. The number of fused-ring (bicyclic) bond motifs is 1. The van der Waals surface area contributed by atoms with E-state index in [-0.39, 0.29) is 5.78 Å². The Morgan fingerprint density at radius 1 is 1.24 bits per heavy atom. The predicted octanol–water partition coefficient (Wildman–Crippen LogP) is 2.85. The molecule has 0 saturated heterocycles. The van der Waals surface area contributed by atoms with E-state index in [4.69, 9.17) is 13.9 Å². The van der Waals surface area contributed by atoms with Gasteiger partial charge in [-0.1, -0.05) is 6.07 Å². The van der Waals surface area contributed by atoms with Gasteiger partial charge in [-0.3, -0.25) is 4.79 Å². The molecule has 1 aromatic heterocycles. The fourth-order valence-corrected chi connectivity index (χ4v) is 2.32. The molecule has 0 saturated carbocycles. The lowest BCUT2D eigenvalue weighted by atomic mass is 9.92. The highest BCUT2D eigenvalue weighted by molar-refractivity contribution is 6.03. The second-order valence-electron chi connectivity index (χ2n) is 4.72. The number of carbonyl (C=O) groups excluding carboxylic acids is 1. The van der Waals surface area contributed by atoms with E-state index in [1.807, 2.05) is 0 Å². The number of hydrogen-bond donors (Lipinski definition) is 0. The summed E-state index contributed by atoms with van der Waals surface area (Å²) in [5.74, 6) is 0.541. The van der Waals surface area contributed by atoms with Gasteiger partial charge in [0.25, 0.3) is 0 Å². The molecule has 0 spiro atoms. The summed E-state index contributed by atoms with van der Waals surface area (Å²) >= 11 is 0. The van der Waals surface area contributed by atoms with E-state index in [0.29, 0.717) is 41.6 Å². The molecule has 0 aliphatic carbocycles. The van der Waals surface area contributed by atoms with Gasteiger partial charge >= 0.3 is 0 Å². The van der Waals surface area contributed by atoms with Gasteiger partial charge in [0.15, 0.2) is 17.3 Å². The van der Waals surface area contributed by atoms with Crippen LogP contribution in [-0.4, -0.2) is 19.0 Å². The summed E-state index contributed by atoms with van der Waals surface area (Å²) in [7, 11) is 0. The summed E-state index contributed by atoms with van der Waals surface area (Å²) in [6.07, 6.45) is 1.45. The topological polar surface area (TPSA) is 72.5 Å². The number of ether oxygens (including phenoxy) is 2. The summed E-state index contributed by atoms with van der Waals surface area (Å²) in [6.45, 7) is 2.66. The largest absolute Gasteiger partial charge is 0.486 e. The van der Waals surface area contributed by atoms with Crippen molar-refractivity contribution in [1.29, 1.82) is 5.26 Å². The van der Waals surface area contributed by atoms with E-state index in [1.165, 1.54) is 6.26 Å². The van der Waals surface area contributed by atoms with Crippen molar-refractivity contribution in [2.45, 2.75) is 12.8 Å². The van der Waals surface area contributed by atoms with Crippen molar-refractivity contribution in [3.63, 3.8) is 0 Å². The van der Waals surface area contributed by atoms with Gasteiger partial charge in [0, 0.05) is 0 Å². The zero-order valence-corrected chi connectivity index (χ0v) is 11.5. The summed E-state index contributed by atoms with van der Waals surface area (Å²) in [5.41, 5.74) is 1.02. The number of nitriles is 1. The van der Waals surface area contributed by atoms with Gasteiger partial charge in [0.2, 0.25) is 0 Å². The number of benzene rings is 1. The molecule has 5 nitrogen and oxygen atoms in total. The van der Waals surface area contributed by atoms with Crippen LogP contribution in [-0.2, 0) is 0 Å². The number of aryl methyl sites for hydroxylation is 1. The van der Waals surface area contributed by atoms with Gasteiger partial charge in [0.1, 0.15) is 24.9 Å². The maximum absolute atomic E-state index is 12.5. The third kappa shape index (κ3) is 2.36. The van der Waals surface area contributed by atoms with E-state index < -0.39 is 5.92 Å². The Balaban J connectivity index is 1.95. The highest BCUT2D eigenvalue weighted by Crippen LogP contribution is 2.34.